The van der Waals surface area contributed by atoms with Crippen LogP contribution in [0.2, 0.25) is 0 Å². The van der Waals surface area contributed by atoms with Crippen LogP contribution in [0.25, 0.3) is 0 Å². The van der Waals surface area contributed by atoms with Crippen LogP contribution in [0.3, 0.4) is 0 Å². The number of hydrogen-bond acceptors (Lipinski definition) is 5. The average molecular weight is 311 g/mol. The van der Waals surface area contributed by atoms with Crippen LogP contribution in [0.1, 0.15) is 47.3 Å². The number of carbonyl (C=O) groups excluding carboxylic acids is 1. The summed E-state index contributed by atoms with van der Waals surface area (Å²) in [6.07, 6.45) is 7.22. The Balaban J connectivity index is 1.70. The first-order valence-electron chi connectivity index (χ1n) is 7.53. The molecule has 0 radical (unpaired) electrons. The van der Waals surface area contributed by atoms with Gasteiger partial charge in [0.05, 0.1) is 22.7 Å². The van der Waals surface area contributed by atoms with Gasteiger partial charge in [0, 0.05) is 11.6 Å². The summed E-state index contributed by atoms with van der Waals surface area (Å²) in [5, 5.41) is 12.8. The minimum absolute atomic E-state index is 0.170. The molecular weight excluding hydrogens is 294 g/mol. The van der Waals surface area contributed by atoms with E-state index in [4.69, 9.17) is 5.26 Å². The van der Waals surface area contributed by atoms with Crippen molar-refractivity contribution in [3.05, 3.63) is 40.9 Å². The number of nitrogens with zero attached hydrogens (tertiary/aromatic N) is 2. The molecule has 1 N–H and O–H groups in total. The number of rotatable bonds is 4. The molecule has 3 rings (SSSR count). The van der Waals surface area contributed by atoms with E-state index in [2.05, 4.69) is 16.4 Å². The molecule has 0 amide bonds. The van der Waals surface area contributed by atoms with Gasteiger partial charge < -0.3 is 5.32 Å². The number of nitrogens with one attached hydrogen (secondary N) is 1. The van der Waals surface area contributed by atoms with Crippen LogP contribution in [-0.2, 0) is 0 Å². The second-order valence-electron chi connectivity index (χ2n) is 5.55. The van der Waals surface area contributed by atoms with Gasteiger partial charge in [0.15, 0.2) is 10.9 Å². The molecule has 5 heteroatoms. The monoisotopic (exact) mass is 311 g/mol. The molecule has 1 fully saturated rings. The highest BCUT2D eigenvalue weighted by Crippen LogP contribution is 2.30. The molecule has 1 saturated carbocycles. The number of nitriles is 1. The van der Waals surface area contributed by atoms with E-state index >= 15 is 0 Å². The van der Waals surface area contributed by atoms with Crippen molar-refractivity contribution in [2.45, 2.75) is 32.1 Å². The molecule has 0 aliphatic heterocycles. The number of hydrogen-bond donors (Lipinski definition) is 1. The summed E-state index contributed by atoms with van der Waals surface area (Å²) in [4.78, 5) is 17.5. The van der Waals surface area contributed by atoms with E-state index in [9.17, 15) is 4.79 Å². The topological polar surface area (TPSA) is 65.8 Å². The Morgan fingerprint density at radius 1 is 1.32 bits per heavy atom. The van der Waals surface area contributed by atoms with Gasteiger partial charge in [-0.3, -0.25) is 4.79 Å². The van der Waals surface area contributed by atoms with E-state index in [0.29, 0.717) is 10.7 Å². The summed E-state index contributed by atoms with van der Waals surface area (Å²) >= 11 is 1.39. The first-order valence-corrected chi connectivity index (χ1v) is 8.35. The van der Waals surface area contributed by atoms with Crippen molar-refractivity contribution in [3.8, 4) is 6.07 Å². The second kappa shape index (κ2) is 6.71. The summed E-state index contributed by atoms with van der Waals surface area (Å²) in [5.41, 5.74) is 1.41. The lowest BCUT2D eigenvalue weighted by atomic mass is 9.86. The zero-order valence-electron chi connectivity index (χ0n) is 12.2. The third kappa shape index (κ3) is 3.34. The van der Waals surface area contributed by atoms with E-state index < -0.39 is 0 Å². The number of Topliss-reactive ketones (excluding diaryl/α,β-unsaturated/α-hetero) is 1. The van der Waals surface area contributed by atoms with E-state index in [0.717, 1.165) is 36.2 Å². The fourth-order valence-electron chi connectivity index (χ4n) is 2.80. The van der Waals surface area contributed by atoms with Gasteiger partial charge in [-0.15, -0.1) is 0 Å². The lowest BCUT2D eigenvalue weighted by Gasteiger charge is -2.19. The third-order valence-corrected chi connectivity index (χ3v) is 4.89. The number of anilines is 2. The molecule has 0 atom stereocenters. The zero-order chi connectivity index (χ0) is 15.4. The van der Waals surface area contributed by atoms with Crippen LogP contribution in [0.15, 0.2) is 30.5 Å². The summed E-state index contributed by atoms with van der Waals surface area (Å²) < 4.78 is 0. The SMILES string of the molecule is N#Cc1cccc(Nc2ncc(C(=O)C3CCCCC3)s2)c1. The van der Waals surface area contributed by atoms with Gasteiger partial charge >= 0.3 is 0 Å². The number of ketones is 1. The average Bonchev–Trinajstić information content (AvgIpc) is 3.03. The summed E-state index contributed by atoms with van der Waals surface area (Å²) in [6, 6.07) is 9.33. The van der Waals surface area contributed by atoms with E-state index in [1.54, 1.807) is 18.3 Å². The first-order chi connectivity index (χ1) is 10.8. The quantitative estimate of drug-likeness (QED) is 0.843. The summed E-state index contributed by atoms with van der Waals surface area (Å²) in [5.74, 6) is 0.403. The van der Waals surface area contributed by atoms with Crippen LogP contribution in [0.5, 0.6) is 0 Å². The van der Waals surface area contributed by atoms with Crippen molar-refractivity contribution in [1.82, 2.24) is 4.98 Å². The highest BCUT2D eigenvalue weighted by Gasteiger charge is 2.24. The van der Waals surface area contributed by atoms with E-state index in [1.165, 1.54) is 17.8 Å². The highest BCUT2D eigenvalue weighted by molar-refractivity contribution is 7.17. The Bertz CT molecular complexity index is 711. The molecule has 0 saturated heterocycles. The Labute approximate surface area is 133 Å². The number of benzene rings is 1. The maximum atomic E-state index is 12.5. The maximum absolute atomic E-state index is 12.5. The molecule has 1 aliphatic carbocycles. The van der Waals surface area contributed by atoms with E-state index in [-0.39, 0.29) is 11.7 Å². The molecule has 1 aromatic carbocycles. The third-order valence-electron chi connectivity index (χ3n) is 3.97. The van der Waals surface area contributed by atoms with Crippen LogP contribution in [0, 0.1) is 17.2 Å². The van der Waals surface area contributed by atoms with Gasteiger partial charge in [0.25, 0.3) is 0 Å². The lowest BCUT2D eigenvalue weighted by Crippen LogP contribution is -2.16. The fourth-order valence-corrected chi connectivity index (χ4v) is 3.66. The Kier molecular flexibility index (Phi) is 4.50. The van der Waals surface area contributed by atoms with Gasteiger partial charge in [-0.25, -0.2) is 4.98 Å². The molecule has 112 valence electrons. The Hall–Kier alpha value is -2.19. The molecule has 0 unspecified atom stereocenters. The molecule has 2 aromatic rings. The molecule has 1 heterocycles. The fraction of sp³-hybridized carbons (Fsp3) is 0.353. The van der Waals surface area contributed by atoms with Gasteiger partial charge in [-0.1, -0.05) is 36.7 Å². The molecule has 22 heavy (non-hydrogen) atoms. The summed E-state index contributed by atoms with van der Waals surface area (Å²) in [6.45, 7) is 0. The zero-order valence-corrected chi connectivity index (χ0v) is 13.0. The molecule has 1 aromatic heterocycles. The van der Waals surface area contributed by atoms with Crippen molar-refractivity contribution in [2.75, 3.05) is 5.32 Å². The smallest absolute Gasteiger partial charge is 0.187 e. The maximum Gasteiger partial charge on any atom is 0.187 e. The molecule has 4 nitrogen and oxygen atoms in total. The molecule has 0 bridgehead atoms. The highest BCUT2D eigenvalue weighted by atomic mass is 32.1. The first kappa shape index (κ1) is 14.7. The van der Waals surface area contributed by atoms with Crippen molar-refractivity contribution in [1.29, 1.82) is 5.26 Å². The Morgan fingerprint density at radius 3 is 2.91 bits per heavy atom. The standard InChI is InChI=1S/C17H17N3OS/c18-10-12-5-4-8-14(9-12)20-17-19-11-15(22-17)16(21)13-6-2-1-3-7-13/h4-5,8-9,11,13H,1-3,6-7H2,(H,19,20). The predicted octanol–water partition coefficient (Wildman–Crippen LogP) is 4.52. The number of aromatic nitrogens is 1. The molecule has 0 spiro atoms. The van der Waals surface area contributed by atoms with Crippen LogP contribution < -0.4 is 5.32 Å². The molecular formula is C17H17N3OS. The van der Waals surface area contributed by atoms with Crippen LogP contribution >= 0.6 is 11.3 Å². The number of carbonyl (C=O) groups is 1. The van der Waals surface area contributed by atoms with Crippen molar-refractivity contribution < 1.29 is 4.79 Å². The minimum Gasteiger partial charge on any atom is -0.331 e. The van der Waals surface area contributed by atoms with Crippen LogP contribution in [0.4, 0.5) is 10.8 Å². The largest absolute Gasteiger partial charge is 0.331 e. The second-order valence-corrected chi connectivity index (χ2v) is 6.58. The van der Waals surface area contributed by atoms with Crippen molar-refractivity contribution in [3.63, 3.8) is 0 Å². The molecule has 1 aliphatic rings. The van der Waals surface area contributed by atoms with Crippen molar-refractivity contribution in [2.24, 2.45) is 5.92 Å². The van der Waals surface area contributed by atoms with Gasteiger partial charge in [-0.05, 0) is 31.0 Å². The van der Waals surface area contributed by atoms with Gasteiger partial charge in [0.1, 0.15) is 0 Å². The lowest BCUT2D eigenvalue weighted by molar-refractivity contribution is 0.0893. The number of thiazole rings is 1. The minimum atomic E-state index is 0.170. The van der Waals surface area contributed by atoms with Crippen molar-refractivity contribution >= 4 is 27.9 Å². The Morgan fingerprint density at radius 2 is 2.14 bits per heavy atom. The normalized spacial score (nSPS) is 15.2. The van der Waals surface area contributed by atoms with Gasteiger partial charge in [0.2, 0.25) is 0 Å². The van der Waals surface area contributed by atoms with Crippen LogP contribution in [-0.4, -0.2) is 10.8 Å². The van der Waals surface area contributed by atoms with E-state index in [1.807, 2.05) is 12.1 Å². The predicted molar refractivity (Wildman–Crippen MR) is 87.5 cm³/mol. The van der Waals surface area contributed by atoms with Gasteiger partial charge in [-0.2, -0.15) is 5.26 Å². The summed E-state index contributed by atoms with van der Waals surface area (Å²) in [7, 11) is 0.